The number of para-hydroxylation sites is 1. The van der Waals surface area contributed by atoms with E-state index in [1.807, 2.05) is 24.3 Å². The number of fused-ring (bicyclic) bond motifs is 2. The minimum Gasteiger partial charge on any atom is -0.481 e. The Kier molecular flexibility index (Phi) is 6.53. The first-order chi connectivity index (χ1) is 17.8. The van der Waals surface area contributed by atoms with Gasteiger partial charge in [-0.25, -0.2) is 4.68 Å². The Bertz CT molecular complexity index is 1230. The molecule has 1 aromatic heterocycles. The molecule has 37 heavy (non-hydrogen) atoms. The number of carbonyl (C=O) groups excluding carboxylic acids is 2. The number of carboxylic acid groups (broad SMARTS) is 1. The van der Waals surface area contributed by atoms with E-state index in [2.05, 4.69) is 16.9 Å². The van der Waals surface area contributed by atoms with Crippen molar-refractivity contribution in [2.75, 3.05) is 19.7 Å². The van der Waals surface area contributed by atoms with Crippen LogP contribution >= 0.6 is 0 Å². The van der Waals surface area contributed by atoms with E-state index in [4.69, 9.17) is 4.74 Å². The summed E-state index contributed by atoms with van der Waals surface area (Å²) in [5.41, 5.74) is -0.741. The zero-order chi connectivity index (χ0) is 26.4. The summed E-state index contributed by atoms with van der Waals surface area (Å²) in [5.74, 6) is -3.68. The summed E-state index contributed by atoms with van der Waals surface area (Å²) < 4.78 is 8.08. The van der Waals surface area contributed by atoms with Crippen LogP contribution < -0.4 is 0 Å². The van der Waals surface area contributed by atoms with Crippen LogP contribution in [0.15, 0.2) is 36.9 Å². The summed E-state index contributed by atoms with van der Waals surface area (Å²) in [6.07, 6.45) is 4.36. The molecular weight excluding hydrogens is 478 g/mol. The molecular formula is C26H33N5O6. The Hall–Kier alpha value is -3.31. The predicted octanol–water partition coefficient (Wildman–Crippen LogP) is 1.42. The van der Waals surface area contributed by atoms with Gasteiger partial charge in [0, 0.05) is 19.7 Å². The van der Waals surface area contributed by atoms with Crippen LogP contribution in [0.1, 0.15) is 39.0 Å². The number of aliphatic carboxylic acids is 1. The third-order valence-corrected chi connectivity index (χ3v) is 8.22. The number of unbranched alkanes of at least 4 members (excludes halogenated alkanes) is 2. The highest BCUT2D eigenvalue weighted by Crippen LogP contribution is 2.63. The van der Waals surface area contributed by atoms with Crippen molar-refractivity contribution in [1.29, 1.82) is 0 Å². The van der Waals surface area contributed by atoms with Crippen molar-refractivity contribution >= 4 is 28.8 Å². The van der Waals surface area contributed by atoms with Gasteiger partial charge in [0.05, 0.1) is 23.0 Å². The Morgan fingerprint density at radius 2 is 2.05 bits per heavy atom. The van der Waals surface area contributed by atoms with E-state index in [0.717, 1.165) is 5.52 Å². The number of likely N-dealkylation sites (tertiary alicyclic amines) is 1. The van der Waals surface area contributed by atoms with E-state index in [1.54, 1.807) is 22.6 Å². The molecule has 2 amide bonds. The van der Waals surface area contributed by atoms with E-state index >= 15 is 0 Å². The van der Waals surface area contributed by atoms with Crippen molar-refractivity contribution < 1.29 is 29.3 Å². The van der Waals surface area contributed by atoms with Gasteiger partial charge in [-0.3, -0.25) is 14.4 Å². The molecule has 2 aromatic rings. The van der Waals surface area contributed by atoms with Gasteiger partial charge in [-0.15, -0.1) is 11.7 Å². The van der Waals surface area contributed by atoms with Gasteiger partial charge in [0.1, 0.15) is 23.8 Å². The lowest BCUT2D eigenvalue weighted by Crippen LogP contribution is -2.56. The predicted molar refractivity (Wildman–Crippen MR) is 132 cm³/mol. The maximum absolute atomic E-state index is 14.3. The molecule has 0 radical (unpaired) electrons. The van der Waals surface area contributed by atoms with Crippen LogP contribution in [0.4, 0.5) is 0 Å². The van der Waals surface area contributed by atoms with E-state index in [0.29, 0.717) is 37.6 Å². The van der Waals surface area contributed by atoms with Gasteiger partial charge in [0.2, 0.25) is 11.8 Å². The Labute approximate surface area is 214 Å². The monoisotopic (exact) mass is 511 g/mol. The summed E-state index contributed by atoms with van der Waals surface area (Å²) in [4.78, 5) is 43.5. The molecule has 11 heteroatoms. The molecule has 4 heterocycles. The zero-order valence-electron chi connectivity index (χ0n) is 21.0. The SMILES string of the molecule is C=CCN(Cn1nnc2ccccc21)C(=O)C1N(CCCCCO)C(=O)[C@@H]2[C@@H](C(=O)O)[C@@]3(C)CCC12O3. The Morgan fingerprint density at radius 3 is 2.78 bits per heavy atom. The number of rotatable bonds is 11. The number of carbonyl (C=O) groups is 3. The third-order valence-electron chi connectivity index (χ3n) is 8.22. The van der Waals surface area contributed by atoms with E-state index < -0.39 is 35.0 Å². The molecule has 11 nitrogen and oxygen atoms in total. The lowest BCUT2D eigenvalue weighted by atomic mass is 9.66. The molecule has 2 bridgehead atoms. The van der Waals surface area contributed by atoms with Crippen LogP contribution in [-0.2, 0) is 25.8 Å². The average molecular weight is 512 g/mol. The summed E-state index contributed by atoms with van der Waals surface area (Å²) in [5, 5.41) is 27.6. The van der Waals surface area contributed by atoms with Gasteiger partial charge in [-0.1, -0.05) is 23.4 Å². The second kappa shape index (κ2) is 9.53. The van der Waals surface area contributed by atoms with Gasteiger partial charge in [0.15, 0.2) is 0 Å². The molecule has 1 spiro atoms. The lowest BCUT2D eigenvalue weighted by molar-refractivity contribution is -0.156. The molecule has 3 aliphatic rings. The van der Waals surface area contributed by atoms with E-state index in [9.17, 15) is 24.6 Å². The highest BCUT2D eigenvalue weighted by Gasteiger charge is 2.78. The molecule has 0 saturated carbocycles. The summed E-state index contributed by atoms with van der Waals surface area (Å²) >= 11 is 0. The number of amides is 2. The molecule has 2 N–H and O–H groups in total. The van der Waals surface area contributed by atoms with Crippen LogP contribution in [0.25, 0.3) is 11.0 Å². The molecule has 5 rings (SSSR count). The van der Waals surface area contributed by atoms with Gasteiger partial charge >= 0.3 is 5.97 Å². The molecule has 3 fully saturated rings. The fourth-order valence-corrected chi connectivity index (χ4v) is 6.62. The number of ether oxygens (including phenoxy) is 1. The number of aliphatic hydroxyl groups is 1. The first-order valence-corrected chi connectivity index (χ1v) is 12.8. The number of nitrogens with zero attached hydrogens (tertiary/aromatic N) is 5. The largest absolute Gasteiger partial charge is 0.481 e. The summed E-state index contributed by atoms with van der Waals surface area (Å²) in [6, 6.07) is 6.48. The quantitative estimate of drug-likeness (QED) is 0.341. The van der Waals surface area contributed by atoms with Gasteiger partial charge in [-0.2, -0.15) is 0 Å². The average Bonchev–Trinajstić information content (AvgIpc) is 3.57. The van der Waals surface area contributed by atoms with Crippen molar-refractivity contribution in [2.24, 2.45) is 11.8 Å². The molecule has 198 valence electrons. The van der Waals surface area contributed by atoms with Crippen LogP contribution in [0.5, 0.6) is 0 Å². The van der Waals surface area contributed by atoms with Crippen LogP contribution in [0.3, 0.4) is 0 Å². The second-order valence-corrected chi connectivity index (χ2v) is 10.5. The lowest BCUT2D eigenvalue weighted by Gasteiger charge is -2.36. The third kappa shape index (κ3) is 3.91. The summed E-state index contributed by atoms with van der Waals surface area (Å²) in [7, 11) is 0. The molecule has 3 saturated heterocycles. The smallest absolute Gasteiger partial charge is 0.310 e. The second-order valence-electron chi connectivity index (χ2n) is 10.5. The first-order valence-electron chi connectivity index (χ1n) is 12.8. The van der Waals surface area contributed by atoms with Crippen molar-refractivity contribution in [3.8, 4) is 0 Å². The highest BCUT2D eigenvalue weighted by atomic mass is 16.5. The minimum absolute atomic E-state index is 0.0460. The van der Waals surface area contributed by atoms with E-state index in [1.165, 1.54) is 4.90 Å². The summed E-state index contributed by atoms with van der Waals surface area (Å²) in [6.45, 7) is 6.18. The number of carboxylic acids is 1. The van der Waals surface area contributed by atoms with Crippen LogP contribution in [0.2, 0.25) is 0 Å². The van der Waals surface area contributed by atoms with Crippen molar-refractivity contribution in [1.82, 2.24) is 24.8 Å². The van der Waals surface area contributed by atoms with E-state index in [-0.39, 0.29) is 38.2 Å². The fraction of sp³-hybridized carbons (Fsp3) is 0.577. The van der Waals surface area contributed by atoms with Gasteiger partial charge in [-0.05, 0) is 51.2 Å². The maximum atomic E-state index is 14.3. The molecule has 5 atom stereocenters. The number of hydrogen-bond donors (Lipinski definition) is 2. The van der Waals surface area contributed by atoms with Gasteiger partial charge in [0.25, 0.3) is 0 Å². The maximum Gasteiger partial charge on any atom is 0.310 e. The Balaban J connectivity index is 1.51. The topological polar surface area (TPSA) is 138 Å². The number of benzene rings is 1. The molecule has 1 aromatic carbocycles. The van der Waals surface area contributed by atoms with Crippen molar-refractivity contribution in [2.45, 2.75) is 62.9 Å². The van der Waals surface area contributed by atoms with Crippen LogP contribution in [0, 0.1) is 11.8 Å². The van der Waals surface area contributed by atoms with Crippen molar-refractivity contribution in [3.05, 3.63) is 36.9 Å². The van der Waals surface area contributed by atoms with Crippen molar-refractivity contribution in [3.63, 3.8) is 0 Å². The molecule has 0 aliphatic carbocycles. The standard InChI is InChI=1S/C26H33N5O6/c1-3-13-29(16-31-18-10-6-5-9-17(18)27-28-31)23(34)21-26-12-11-25(2,37-26)20(24(35)36)19(26)22(33)30(21)14-7-4-8-15-32/h3,5-6,9-10,19-21,32H,1,4,7-8,11-16H2,2H3,(H,35,36)/t19-,20-,21?,25+,26?/m0/s1. The van der Waals surface area contributed by atoms with Crippen LogP contribution in [-0.4, -0.2) is 89.7 Å². The highest BCUT2D eigenvalue weighted by molar-refractivity contribution is 5.98. The number of hydrogen-bond acceptors (Lipinski definition) is 7. The van der Waals surface area contributed by atoms with Gasteiger partial charge < -0.3 is 24.7 Å². The first kappa shape index (κ1) is 25.3. The normalized spacial score (nSPS) is 30.2. The zero-order valence-corrected chi connectivity index (χ0v) is 21.0. The number of aromatic nitrogens is 3. The molecule has 3 aliphatic heterocycles. The number of aliphatic hydroxyl groups excluding tert-OH is 1. The Morgan fingerprint density at radius 1 is 1.27 bits per heavy atom. The molecule has 2 unspecified atom stereocenters. The minimum atomic E-state index is -1.20. The fourth-order valence-electron chi connectivity index (χ4n) is 6.62.